The average molecular weight is 334 g/mol. The first-order valence-corrected chi connectivity index (χ1v) is 7.72. The Hall–Kier alpha value is -1.99. The Labute approximate surface area is 140 Å². The minimum atomic E-state index is 0. The second-order valence-electron chi connectivity index (χ2n) is 5.82. The summed E-state index contributed by atoms with van der Waals surface area (Å²) in [5.74, 6) is 1.53. The van der Waals surface area contributed by atoms with Crippen molar-refractivity contribution in [3.8, 4) is 0 Å². The van der Waals surface area contributed by atoms with Gasteiger partial charge in [-0.25, -0.2) is 0 Å². The summed E-state index contributed by atoms with van der Waals surface area (Å²) in [7, 11) is 0. The topological polar surface area (TPSA) is 71.2 Å². The Morgan fingerprint density at radius 2 is 2.26 bits per heavy atom. The number of aromatic nitrogens is 5. The van der Waals surface area contributed by atoms with Crippen molar-refractivity contribution >= 4 is 35.0 Å². The van der Waals surface area contributed by atoms with E-state index in [2.05, 4.69) is 39.2 Å². The van der Waals surface area contributed by atoms with Crippen LogP contribution in [0.1, 0.15) is 20.3 Å². The van der Waals surface area contributed by atoms with E-state index in [0.717, 1.165) is 36.4 Å². The average Bonchev–Trinajstić information content (AvgIpc) is 3.03. The minimum Gasteiger partial charge on any atom is -0.349 e. The summed E-state index contributed by atoms with van der Waals surface area (Å²) in [6.07, 6.45) is 4.60. The van der Waals surface area contributed by atoms with Crippen LogP contribution in [-0.2, 0) is 0 Å². The lowest BCUT2D eigenvalue weighted by Gasteiger charge is -2.39. The van der Waals surface area contributed by atoms with E-state index < -0.39 is 0 Å². The van der Waals surface area contributed by atoms with Gasteiger partial charge in [0.2, 0.25) is 0 Å². The van der Waals surface area contributed by atoms with Gasteiger partial charge < -0.3 is 10.2 Å². The van der Waals surface area contributed by atoms with Crippen molar-refractivity contribution in [2.24, 2.45) is 0 Å². The molecule has 0 aromatic carbocycles. The molecule has 3 aromatic rings. The number of halogens is 1. The van der Waals surface area contributed by atoms with E-state index in [4.69, 9.17) is 4.98 Å². The summed E-state index contributed by atoms with van der Waals surface area (Å²) in [6.45, 7) is 6.30. The molecule has 122 valence electrons. The molecule has 0 spiro atoms. The minimum absolute atomic E-state index is 0. The van der Waals surface area contributed by atoms with Gasteiger partial charge in [-0.15, -0.1) is 22.6 Å². The molecule has 1 aliphatic rings. The van der Waals surface area contributed by atoms with Crippen LogP contribution < -0.4 is 10.2 Å². The summed E-state index contributed by atoms with van der Waals surface area (Å²) in [5, 5.41) is 11.7. The summed E-state index contributed by atoms with van der Waals surface area (Å²) in [4.78, 5) is 11.6. The molecule has 0 aliphatic carbocycles. The number of pyridine rings is 1. The van der Waals surface area contributed by atoms with Crippen molar-refractivity contribution in [1.82, 2.24) is 29.9 Å². The van der Waals surface area contributed by atoms with Crippen molar-refractivity contribution in [2.45, 2.75) is 32.4 Å². The van der Waals surface area contributed by atoms with Gasteiger partial charge in [0, 0.05) is 31.4 Å². The van der Waals surface area contributed by atoms with Crippen LogP contribution in [0.3, 0.4) is 0 Å². The lowest BCUT2D eigenvalue weighted by atomic mass is 10.1. The molecule has 23 heavy (non-hydrogen) atoms. The molecular weight excluding hydrogens is 314 g/mol. The third-order valence-electron chi connectivity index (χ3n) is 4.41. The first-order valence-electron chi connectivity index (χ1n) is 7.72. The predicted molar refractivity (Wildman–Crippen MR) is 92.2 cm³/mol. The lowest BCUT2D eigenvalue weighted by Crippen LogP contribution is -2.55. The van der Waals surface area contributed by atoms with E-state index in [0.29, 0.717) is 17.9 Å². The smallest absolute Gasteiger partial charge is 0.257 e. The Morgan fingerprint density at radius 1 is 1.39 bits per heavy atom. The number of fused-ring (bicyclic) bond motifs is 3. The van der Waals surface area contributed by atoms with Crippen LogP contribution in [0.2, 0.25) is 0 Å². The van der Waals surface area contributed by atoms with E-state index in [1.165, 1.54) is 0 Å². The maximum absolute atomic E-state index is 4.73. The second kappa shape index (κ2) is 6.25. The molecule has 3 aromatic heterocycles. The number of nitrogens with one attached hydrogen (secondary N) is 1. The van der Waals surface area contributed by atoms with E-state index >= 15 is 0 Å². The van der Waals surface area contributed by atoms with Gasteiger partial charge in [-0.1, -0.05) is 6.92 Å². The lowest BCUT2D eigenvalue weighted by molar-refractivity contribution is 0.396. The quantitative estimate of drug-likeness (QED) is 0.769. The molecule has 0 radical (unpaired) electrons. The third-order valence-corrected chi connectivity index (χ3v) is 4.41. The maximum Gasteiger partial charge on any atom is 0.257 e. The van der Waals surface area contributed by atoms with Crippen molar-refractivity contribution in [3.05, 3.63) is 24.7 Å². The molecular formula is C15H20ClN7. The highest BCUT2D eigenvalue weighted by molar-refractivity contribution is 5.88. The first kappa shape index (κ1) is 15.9. The van der Waals surface area contributed by atoms with Crippen LogP contribution in [0.15, 0.2) is 24.7 Å². The molecule has 0 saturated carbocycles. The van der Waals surface area contributed by atoms with Crippen molar-refractivity contribution in [3.63, 3.8) is 0 Å². The van der Waals surface area contributed by atoms with Gasteiger partial charge in [0.25, 0.3) is 5.78 Å². The standard InChI is InChI=1S/C15H19N7.ClH/c1-3-11-8-21(10(2)7-17-11)14-13-12(5-4-6-16-13)22-9-18-20-15(22)19-14;/h4-6,9-11,17H,3,7-8H2,1-2H3;1H/t10-,11+;/m0./s1. The first-order chi connectivity index (χ1) is 10.8. The molecule has 4 rings (SSSR count). The van der Waals surface area contributed by atoms with Crippen LogP contribution >= 0.6 is 12.4 Å². The summed E-state index contributed by atoms with van der Waals surface area (Å²) < 4.78 is 1.88. The van der Waals surface area contributed by atoms with Crippen molar-refractivity contribution in [1.29, 1.82) is 0 Å². The molecule has 1 aliphatic heterocycles. The molecule has 1 fully saturated rings. The molecule has 1 N–H and O–H groups in total. The predicted octanol–water partition coefficient (Wildman–Crippen LogP) is 1.67. The number of hydrogen-bond acceptors (Lipinski definition) is 6. The molecule has 2 atom stereocenters. The van der Waals surface area contributed by atoms with Crippen LogP contribution in [0.25, 0.3) is 16.8 Å². The molecule has 0 bridgehead atoms. The van der Waals surface area contributed by atoms with Gasteiger partial charge in [0.15, 0.2) is 5.82 Å². The number of rotatable bonds is 2. The molecule has 0 unspecified atom stereocenters. The molecule has 4 heterocycles. The zero-order valence-electron chi connectivity index (χ0n) is 13.2. The van der Waals surface area contributed by atoms with E-state index in [1.54, 1.807) is 6.33 Å². The molecule has 7 nitrogen and oxygen atoms in total. The Kier molecular flexibility index (Phi) is 4.32. The largest absolute Gasteiger partial charge is 0.349 e. The highest BCUT2D eigenvalue weighted by atomic mass is 35.5. The van der Waals surface area contributed by atoms with Gasteiger partial charge in [-0.2, -0.15) is 4.98 Å². The number of piperazine rings is 1. The fourth-order valence-corrected chi connectivity index (χ4v) is 3.08. The Balaban J connectivity index is 0.00000156. The summed E-state index contributed by atoms with van der Waals surface area (Å²) in [5.41, 5.74) is 1.89. The van der Waals surface area contributed by atoms with Gasteiger partial charge in [0.05, 0.1) is 5.52 Å². The molecule has 1 saturated heterocycles. The molecule has 8 heteroatoms. The number of nitrogens with zero attached hydrogens (tertiary/aromatic N) is 6. The zero-order valence-corrected chi connectivity index (χ0v) is 14.0. The van der Waals surface area contributed by atoms with Gasteiger partial charge in [0.1, 0.15) is 11.8 Å². The number of anilines is 1. The SMILES string of the molecule is CC[C@@H]1CN(c2nc3nncn3c3cccnc23)[C@@H](C)CN1.Cl. The van der Waals surface area contributed by atoms with Crippen LogP contribution in [0, 0.1) is 0 Å². The Morgan fingerprint density at radius 3 is 3.09 bits per heavy atom. The monoisotopic (exact) mass is 333 g/mol. The van der Waals surface area contributed by atoms with Crippen LogP contribution in [0.5, 0.6) is 0 Å². The Bertz CT molecular complexity index is 818. The van der Waals surface area contributed by atoms with Crippen LogP contribution in [-0.4, -0.2) is 49.7 Å². The van der Waals surface area contributed by atoms with E-state index in [1.807, 2.05) is 22.7 Å². The fraction of sp³-hybridized carbons (Fsp3) is 0.467. The van der Waals surface area contributed by atoms with Crippen molar-refractivity contribution < 1.29 is 0 Å². The third kappa shape index (κ3) is 2.60. The zero-order chi connectivity index (χ0) is 15.1. The van der Waals surface area contributed by atoms with Crippen LogP contribution in [0.4, 0.5) is 5.82 Å². The highest BCUT2D eigenvalue weighted by Gasteiger charge is 2.27. The number of hydrogen-bond donors (Lipinski definition) is 1. The van der Waals surface area contributed by atoms with E-state index in [-0.39, 0.29) is 12.4 Å². The highest BCUT2D eigenvalue weighted by Crippen LogP contribution is 2.26. The fourth-order valence-electron chi connectivity index (χ4n) is 3.08. The maximum atomic E-state index is 4.73. The van der Waals surface area contributed by atoms with Gasteiger partial charge >= 0.3 is 0 Å². The van der Waals surface area contributed by atoms with E-state index in [9.17, 15) is 0 Å². The van der Waals surface area contributed by atoms with Gasteiger partial charge in [-0.05, 0) is 25.5 Å². The van der Waals surface area contributed by atoms with Gasteiger partial charge in [-0.3, -0.25) is 9.38 Å². The second-order valence-corrected chi connectivity index (χ2v) is 5.82. The summed E-state index contributed by atoms with van der Waals surface area (Å²) in [6, 6.07) is 4.81. The summed E-state index contributed by atoms with van der Waals surface area (Å²) >= 11 is 0. The normalized spacial score (nSPS) is 21.6. The molecule has 0 amide bonds. The van der Waals surface area contributed by atoms with Crippen molar-refractivity contribution in [2.75, 3.05) is 18.0 Å².